The molecule has 0 radical (unpaired) electrons. The first kappa shape index (κ1) is 13.7. The van der Waals surface area contributed by atoms with Gasteiger partial charge >= 0.3 is 0 Å². The van der Waals surface area contributed by atoms with Gasteiger partial charge in [-0.05, 0) is 43.2 Å². The molecule has 2 rings (SSSR count). The Morgan fingerprint density at radius 1 is 1.16 bits per heavy atom. The molecule has 0 fully saturated rings. The normalized spacial score (nSPS) is 16.3. The molecule has 1 unspecified atom stereocenters. The van der Waals surface area contributed by atoms with Gasteiger partial charge in [-0.15, -0.1) is 0 Å². The molecular weight excluding hydrogens is 242 g/mol. The van der Waals surface area contributed by atoms with Gasteiger partial charge in [0, 0.05) is 6.07 Å². The lowest BCUT2D eigenvalue weighted by atomic mass is 9.95. The minimum Gasteiger partial charge on any atom is -0.501 e. The zero-order valence-corrected chi connectivity index (χ0v) is 11.7. The maximum absolute atomic E-state index is 5.43. The molecule has 0 saturated heterocycles. The quantitative estimate of drug-likeness (QED) is 0.886. The summed E-state index contributed by atoms with van der Waals surface area (Å²) in [6.07, 6.45) is 3.98. The average molecular weight is 263 g/mol. The van der Waals surface area contributed by atoms with Gasteiger partial charge in [-0.3, -0.25) is 0 Å². The van der Waals surface area contributed by atoms with Gasteiger partial charge in [0.25, 0.3) is 0 Å². The van der Waals surface area contributed by atoms with Crippen molar-refractivity contribution in [2.24, 2.45) is 0 Å². The van der Waals surface area contributed by atoms with E-state index in [9.17, 15) is 0 Å². The van der Waals surface area contributed by atoms with E-state index in [4.69, 9.17) is 14.2 Å². The fourth-order valence-corrected chi connectivity index (χ4v) is 2.36. The zero-order valence-electron chi connectivity index (χ0n) is 11.7. The van der Waals surface area contributed by atoms with Crippen LogP contribution in [0.1, 0.15) is 24.4 Å². The summed E-state index contributed by atoms with van der Waals surface area (Å²) in [7, 11) is 5.28. The van der Waals surface area contributed by atoms with E-state index in [1.807, 2.05) is 31.5 Å². The molecule has 0 amide bonds. The third kappa shape index (κ3) is 3.20. The topological polar surface area (TPSA) is 39.7 Å². The second-order valence-corrected chi connectivity index (χ2v) is 4.53. The first-order valence-electron chi connectivity index (χ1n) is 6.49. The van der Waals surface area contributed by atoms with Gasteiger partial charge in [-0.25, -0.2) is 0 Å². The molecular formula is C15H21NO3. The van der Waals surface area contributed by atoms with E-state index in [0.29, 0.717) is 0 Å². The van der Waals surface area contributed by atoms with E-state index in [1.54, 1.807) is 14.2 Å². The zero-order chi connectivity index (χ0) is 13.7. The van der Waals surface area contributed by atoms with E-state index < -0.39 is 0 Å². The Bertz CT molecular complexity index is 434. The molecule has 1 atom stereocenters. The molecule has 1 N–H and O–H groups in total. The lowest BCUT2D eigenvalue weighted by molar-refractivity contribution is 0.220. The van der Waals surface area contributed by atoms with E-state index in [0.717, 1.165) is 36.5 Å². The van der Waals surface area contributed by atoms with Crippen LogP contribution in [0.4, 0.5) is 0 Å². The molecule has 4 nitrogen and oxygen atoms in total. The van der Waals surface area contributed by atoms with Crippen LogP contribution in [0.3, 0.4) is 0 Å². The highest BCUT2D eigenvalue weighted by Gasteiger charge is 2.19. The highest BCUT2D eigenvalue weighted by molar-refractivity contribution is 5.42. The molecule has 0 spiro atoms. The van der Waals surface area contributed by atoms with Crippen LogP contribution in [0.25, 0.3) is 0 Å². The molecule has 104 valence electrons. The number of rotatable bonds is 5. The van der Waals surface area contributed by atoms with Gasteiger partial charge < -0.3 is 19.5 Å². The Hall–Kier alpha value is -1.68. The van der Waals surface area contributed by atoms with Crippen molar-refractivity contribution in [1.29, 1.82) is 0 Å². The molecule has 4 heteroatoms. The number of hydrogen-bond donors (Lipinski definition) is 1. The second kappa shape index (κ2) is 6.48. The largest absolute Gasteiger partial charge is 0.501 e. The van der Waals surface area contributed by atoms with Crippen molar-refractivity contribution in [1.82, 2.24) is 5.32 Å². The van der Waals surface area contributed by atoms with Crippen molar-refractivity contribution in [3.05, 3.63) is 35.6 Å². The summed E-state index contributed by atoms with van der Waals surface area (Å²) in [6.45, 7) is 0.807. The van der Waals surface area contributed by atoms with Gasteiger partial charge in [0.1, 0.15) is 11.5 Å². The summed E-state index contributed by atoms with van der Waals surface area (Å²) in [6, 6.07) is 6.06. The van der Waals surface area contributed by atoms with Crippen LogP contribution in [0.2, 0.25) is 0 Å². The van der Waals surface area contributed by atoms with E-state index in [1.165, 1.54) is 5.57 Å². The maximum Gasteiger partial charge on any atom is 0.122 e. The number of methoxy groups -OCH3 is 2. The fourth-order valence-electron chi connectivity index (χ4n) is 2.36. The summed E-state index contributed by atoms with van der Waals surface area (Å²) in [5, 5.41) is 3.33. The van der Waals surface area contributed by atoms with Crippen LogP contribution in [-0.2, 0) is 4.74 Å². The molecule has 1 aliphatic rings. The van der Waals surface area contributed by atoms with Crippen LogP contribution in [0, 0.1) is 0 Å². The first-order valence-corrected chi connectivity index (χ1v) is 6.49. The van der Waals surface area contributed by atoms with Crippen LogP contribution >= 0.6 is 0 Å². The predicted octanol–water partition coefficient (Wildman–Crippen LogP) is 2.66. The maximum atomic E-state index is 5.43. The summed E-state index contributed by atoms with van der Waals surface area (Å²) < 4.78 is 16.1. The third-order valence-corrected chi connectivity index (χ3v) is 3.33. The Morgan fingerprint density at radius 2 is 1.84 bits per heavy atom. The average Bonchev–Trinajstić information content (AvgIpc) is 2.48. The molecule has 1 aromatic carbocycles. The molecule has 0 aromatic heterocycles. The van der Waals surface area contributed by atoms with Gasteiger partial charge in [-0.1, -0.05) is 0 Å². The van der Waals surface area contributed by atoms with Crippen LogP contribution in [-0.4, -0.2) is 27.9 Å². The lowest BCUT2D eigenvalue weighted by Crippen LogP contribution is -2.21. The van der Waals surface area contributed by atoms with Gasteiger partial charge in [0.05, 0.1) is 33.1 Å². The molecule has 1 heterocycles. The van der Waals surface area contributed by atoms with E-state index >= 15 is 0 Å². The van der Waals surface area contributed by atoms with Gasteiger partial charge in [-0.2, -0.15) is 0 Å². The number of likely N-dealkylation sites (N-methyl/N-ethyl adjacent to an activating group) is 1. The molecule has 0 saturated carbocycles. The molecule has 0 bridgehead atoms. The van der Waals surface area contributed by atoms with Crippen LogP contribution in [0.5, 0.6) is 11.5 Å². The monoisotopic (exact) mass is 263 g/mol. The highest BCUT2D eigenvalue weighted by atomic mass is 16.5. The molecule has 1 aromatic rings. The summed E-state index contributed by atoms with van der Waals surface area (Å²) in [4.78, 5) is 0. The summed E-state index contributed by atoms with van der Waals surface area (Å²) in [5.41, 5.74) is 2.37. The van der Waals surface area contributed by atoms with Gasteiger partial charge in [0.2, 0.25) is 0 Å². The Labute approximate surface area is 114 Å². The minimum atomic E-state index is 0.129. The van der Waals surface area contributed by atoms with Crippen LogP contribution in [0.15, 0.2) is 30.0 Å². The van der Waals surface area contributed by atoms with Crippen molar-refractivity contribution >= 4 is 0 Å². The van der Waals surface area contributed by atoms with Crippen molar-refractivity contribution in [2.75, 3.05) is 27.9 Å². The smallest absolute Gasteiger partial charge is 0.122 e. The van der Waals surface area contributed by atoms with Crippen molar-refractivity contribution < 1.29 is 14.2 Å². The predicted molar refractivity (Wildman–Crippen MR) is 74.6 cm³/mol. The van der Waals surface area contributed by atoms with Crippen molar-refractivity contribution in [2.45, 2.75) is 18.9 Å². The Kier molecular flexibility index (Phi) is 4.68. The number of benzene rings is 1. The first-order chi connectivity index (χ1) is 9.28. The SMILES string of the molecule is CNC(C1=COCCC1)c1cc(OC)cc(OC)c1. The van der Waals surface area contributed by atoms with Crippen molar-refractivity contribution in [3.63, 3.8) is 0 Å². The number of hydrogen-bond acceptors (Lipinski definition) is 4. The Morgan fingerprint density at radius 3 is 2.32 bits per heavy atom. The molecule has 0 aliphatic carbocycles. The summed E-state index contributed by atoms with van der Waals surface area (Å²) >= 11 is 0. The van der Waals surface area contributed by atoms with Gasteiger partial charge in [0.15, 0.2) is 0 Å². The summed E-state index contributed by atoms with van der Waals surface area (Å²) in [5.74, 6) is 1.60. The second-order valence-electron chi connectivity index (χ2n) is 4.53. The lowest BCUT2D eigenvalue weighted by Gasteiger charge is -2.24. The number of ether oxygens (including phenoxy) is 3. The third-order valence-electron chi connectivity index (χ3n) is 3.33. The van der Waals surface area contributed by atoms with Crippen LogP contribution < -0.4 is 14.8 Å². The molecule has 1 aliphatic heterocycles. The Balaban J connectivity index is 2.33. The minimum absolute atomic E-state index is 0.129. The number of nitrogens with one attached hydrogen (secondary N) is 1. The highest BCUT2D eigenvalue weighted by Crippen LogP contribution is 2.32. The van der Waals surface area contributed by atoms with E-state index in [-0.39, 0.29) is 6.04 Å². The van der Waals surface area contributed by atoms with E-state index in [2.05, 4.69) is 5.32 Å². The van der Waals surface area contributed by atoms with Crippen molar-refractivity contribution in [3.8, 4) is 11.5 Å². The standard InChI is InChI=1S/C15H21NO3/c1-16-15(11-5-4-6-19-10-11)12-7-13(17-2)9-14(8-12)18-3/h7-10,15-16H,4-6H2,1-3H3. The molecule has 19 heavy (non-hydrogen) atoms. The fraction of sp³-hybridized carbons (Fsp3) is 0.467.